The van der Waals surface area contributed by atoms with Crippen molar-refractivity contribution in [2.45, 2.75) is 12.2 Å². The van der Waals surface area contributed by atoms with Gasteiger partial charge in [-0.3, -0.25) is 19.7 Å². The summed E-state index contributed by atoms with van der Waals surface area (Å²) < 4.78 is 5.02. The average Bonchev–Trinajstić information content (AvgIpc) is 2.77. The highest BCUT2D eigenvalue weighted by Crippen LogP contribution is 2.27. The number of nitrogens with one attached hydrogen (secondary N) is 2. The number of rotatable bonds is 4. The Morgan fingerprint density at radius 1 is 1.35 bits per heavy atom. The van der Waals surface area contributed by atoms with Gasteiger partial charge in [-0.25, -0.2) is 0 Å². The SMILES string of the molecule is COc1ccc(NC(=O)[C@@H](C)[C@@H]2SC(=O)NC2=O)cc1. The number of thioether (sulfide) groups is 1. The van der Waals surface area contributed by atoms with E-state index >= 15 is 0 Å². The van der Waals surface area contributed by atoms with Crippen LogP contribution in [0.3, 0.4) is 0 Å². The summed E-state index contributed by atoms with van der Waals surface area (Å²) in [6.07, 6.45) is 0. The molecule has 20 heavy (non-hydrogen) atoms. The van der Waals surface area contributed by atoms with Crippen LogP contribution in [-0.2, 0) is 9.59 Å². The largest absolute Gasteiger partial charge is 0.497 e. The van der Waals surface area contributed by atoms with Crippen molar-refractivity contribution in [3.8, 4) is 5.75 Å². The van der Waals surface area contributed by atoms with Crippen molar-refractivity contribution < 1.29 is 19.1 Å². The molecule has 106 valence electrons. The van der Waals surface area contributed by atoms with Gasteiger partial charge < -0.3 is 10.1 Å². The lowest BCUT2D eigenvalue weighted by atomic mass is 10.1. The van der Waals surface area contributed by atoms with Gasteiger partial charge in [-0.2, -0.15) is 0 Å². The molecule has 1 aliphatic heterocycles. The van der Waals surface area contributed by atoms with Gasteiger partial charge in [-0.15, -0.1) is 0 Å². The molecule has 6 nitrogen and oxygen atoms in total. The number of benzene rings is 1. The maximum Gasteiger partial charge on any atom is 0.286 e. The highest BCUT2D eigenvalue weighted by atomic mass is 32.2. The van der Waals surface area contributed by atoms with E-state index in [-0.39, 0.29) is 5.91 Å². The van der Waals surface area contributed by atoms with E-state index in [4.69, 9.17) is 4.74 Å². The molecule has 2 N–H and O–H groups in total. The number of methoxy groups -OCH3 is 1. The maximum atomic E-state index is 12.1. The van der Waals surface area contributed by atoms with Crippen molar-refractivity contribution in [1.29, 1.82) is 0 Å². The van der Waals surface area contributed by atoms with E-state index < -0.39 is 22.3 Å². The molecule has 0 saturated carbocycles. The Kier molecular flexibility index (Phi) is 4.29. The molecule has 2 atom stereocenters. The van der Waals surface area contributed by atoms with Crippen molar-refractivity contribution >= 4 is 34.5 Å². The molecule has 7 heteroatoms. The Bertz CT molecular complexity index is 544. The first kappa shape index (κ1) is 14.4. The lowest BCUT2D eigenvalue weighted by molar-refractivity contribution is -0.125. The van der Waals surface area contributed by atoms with Gasteiger partial charge in [-0.05, 0) is 24.3 Å². The summed E-state index contributed by atoms with van der Waals surface area (Å²) in [6.45, 7) is 1.62. The van der Waals surface area contributed by atoms with Crippen molar-refractivity contribution in [2.75, 3.05) is 12.4 Å². The summed E-state index contributed by atoms with van der Waals surface area (Å²) in [5, 5.41) is 3.78. The molecule has 0 aromatic heterocycles. The van der Waals surface area contributed by atoms with Gasteiger partial charge in [0.25, 0.3) is 5.24 Å². The minimum Gasteiger partial charge on any atom is -0.497 e. The third-order valence-electron chi connectivity index (χ3n) is 2.94. The van der Waals surface area contributed by atoms with Crippen LogP contribution < -0.4 is 15.4 Å². The van der Waals surface area contributed by atoms with Gasteiger partial charge in [0, 0.05) is 5.69 Å². The van der Waals surface area contributed by atoms with E-state index in [1.165, 1.54) is 0 Å². The molecule has 0 unspecified atom stereocenters. The van der Waals surface area contributed by atoms with Gasteiger partial charge in [0.1, 0.15) is 11.0 Å². The molecule has 1 heterocycles. The molecule has 0 aliphatic carbocycles. The molecule has 1 fully saturated rings. The van der Waals surface area contributed by atoms with E-state index in [1.54, 1.807) is 38.3 Å². The van der Waals surface area contributed by atoms with E-state index in [1.807, 2.05) is 0 Å². The van der Waals surface area contributed by atoms with Crippen LogP contribution in [0.2, 0.25) is 0 Å². The third kappa shape index (κ3) is 3.11. The Hall–Kier alpha value is -2.02. The zero-order chi connectivity index (χ0) is 14.7. The smallest absolute Gasteiger partial charge is 0.286 e. The molecular formula is C13H14N2O4S. The molecular weight excluding hydrogens is 280 g/mol. The predicted octanol–water partition coefficient (Wildman–Crippen LogP) is 1.62. The van der Waals surface area contributed by atoms with Crippen LogP contribution in [0.15, 0.2) is 24.3 Å². The van der Waals surface area contributed by atoms with Crippen LogP contribution in [-0.4, -0.2) is 29.4 Å². The number of carbonyl (C=O) groups is 3. The van der Waals surface area contributed by atoms with Crippen LogP contribution in [0, 0.1) is 5.92 Å². The Balaban J connectivity index is 2.00. The van der Waals surface area contributed by atoms with Crippen molar-refractivity contribution in [3.63, 3.8) is 0 Å². The van der Waals surface area contributed by atoms with Gasteiger partial charge in [-0.1, -0.05) is 18.7 Å². The van der Waals surface area contributed by atoms with E-state index in [2.05, 4.69) is 10.6 Å². The number of hydrogen-bond acceptors (Lipinski definition) is 5. The van der Waals surface area contributed by atoms with Crippen LogP contribution in [0.5, 0.6) is 5.75 Å². The molecule has 1 aromatic rings. The van der Waals surface area contributed by atoms with E-state index in [0.29, 0.717) is 11.4 Å². The molecule has 3 amide bonds. The lowest BCUT2D eigenvalue weighted by Gasteiger charge is -2.15. The van der Waals surface area contributed by atoms with Gasteiger partial charge >= 0.3 is 0 Å². The summed E-state index contributed by atoms with van der Waals surface area (Å²) in [7, 11) is 1.56. The minimum atomic E-state index is -0.680. The van der Waals surface area contributed by atoms with Crippen molar-refractivity contribution in [2.24, 2.45) is 5.92 Å². The Labute approximate surface area is 120 Å². The van der Waals surface area contributed by atoms with Crippen molar-refractivity contribution in [3.05, 3.63) is 24.3 Å². The molecule has 0 spiro atoms. The van der Waals surface area contributed by atoms with E-state index in [0.717, 1.165) is 11.8 Å². The zero-order valence-corrected chi connectivity index (χ0v) is 11.8. The third-order valence-corrected chi connectivity index (χ3v) is 4.14. The Morgan fingerprint density at radius 3 is 2.50 bits per heavy atom. The number of ether oxygens (including phenoxy) is 1. The molecule has 0 radical (unpaired) electrons. The number of anilines is 1. The predicted molar refractivity (Wildman–Crippen MR) is 75.7 cm³/mol. The first-order valence-corrected chi connectivity index (χ1v) is 6.85. The molecule has 2 rings (SSSR count). The fourth-order valence-electron chi connectivity index (χ4n) is 1.77. The van der Waals surface area contributed by atoms with Gasteiger partial charge in [0.2, 0.25) is 11.8 Å². The highest BCUT2D eigenvalue weighted by Gasteiger charge is 2.38. The van der Waals surface area contributed by atoms with Crippen LogP contribution in [0.4, 0.5) is 10.5 Å². The summed E-state index contributed by atoms with van der Waals surface area (Å²) in [5.74, 6) is -0.643. The topological polar surface area (TPSA) is 84.5 Å². The fourth-order valence-corrected chi connectivity index (χ4v) is 2.65. The molecule has 0 bridgehead atoms. The summed E-state index contributed by atoms with van der Waals surface area (Å²) >= 11 is 0.846. The van der Waals surface area contributed by atoms with Crippen LogP contribution in [0.1, 0.15) is 6.92 Å². The Morgan fingerprint density at radius 2 is 2.00 bits per heavy atom. The van der Waals surface area contributed by atoms with Crippen LogP contribution >= 0.6 is 11.8 Å². The number of carbonyl (C=O) groups excluding carboxylic acids is 3. The van der Waals surface area contributed by atoms with Crippen molar-refractivity contribution in [1.82, 2.24) is 5.32 Å². The molecule has 1 saturated heterocycles. The first-order valence-electron chi connectivity index (χ1n) is 5.97. The van der Waals surface area contributed by atoms with Gasteiger partial charge in [0.05, 0.1) is 13.0 Å². The standard InChI is InChI=1S/C13H14N2O4S/c1-7(10-12(17)15-13(18)20-10)11(16)14-8-3-5-9(19-2)6-4-8/h3-7,10H,1-2H3,(H,14,16)(H,15,17,18)/t7-,10-/m0/s1. The normalized spacial score (nSPS) is 19.4. The van der Waals surface area contributed by atoms with Crippen LogP contribution in [0.25, 0.3) is 0 Å². The molecule has 1 aliphatic rings. The minimum absolute atomic E-state index is 0.308. The quantitative estimate of drug-likeness (QED) is 0.881. The second kappa shape index (κ2) is 5.96. The summed E-state index contributed by atoms with van der Waals surface area (Å²) in [5.41, 5.74) is 0.609. The summed E-state index contributed by atoms with van der Waals surface area (Å²) in [4.78, 5) is 34.7. The zero-order valence-electron chi connectivity index (χ0n) is 11.0. The second-order valence-corrected chi connectivity index (χ2v) is 5.44. The lowest BCUT2D eigenvalue weighted by Crippen LogP contribution is -2.35. The second-order valence-electron chi connectivity index (χ2n) is 4.32. The average molecular weight is 294 g/mol. The number of hydrogen-bond donors (Lipinski definition) is 2. The summed E-state index contributed by atoms with van der Waals surface area (Å²) in [6, 6.07) is 6.86. The van der Waals surface area contributed by atoms with Gasteiger partial charge in [0.15, 0.2) is 0 Å². The highest BCUT2D eigenvalue weighted by molar-refractivity contribution is 8.15. The first-order chi connectivity index (χ1) is 9.51. The maximum absolute atomic E-state index is 12.1. The molecule has 1 aromatic carbocycles. The van der Waals surface area contributed by atoms with E-state index in [9.17, 15) is 14.4 Å². The fraction of sp³-hybridized carbons (Fsp3) is 0.308. The monoisotopic (exact) mass is 294 g/mol. The number of imide groups is 1. The number of amides is 3.